The molecule has 1 aromatic heterocycles. The minimum absolute atomic E-state index is 0.248. The predicted molar refractivity (Wildman–Crippen MR) is 87.6 cm³/mol. The maximum Gasteiger partial charge on any atom is 0.0659 e. The van der Waals surface area contributed by atoms with Gasteiger partial charge in [0, 0.05) is 40.6 Å². The Morgan fingerprint density at radius 1 is 1.29 bits per heavy atom. The molecule has 0 radical (unpaired) electrons. The summed E-state index contributed by atoms with van der Waals surface area (Å²) in [7, 11) is -0.733. The van der Waals surface area contributed by atoms with Gasteiger partial charge in [-0.3, -0.25) is 8.89 Å². The average Bonchev–Trinajstić information content (AvgIpc) is 2.92. The Balaban J connectivity index is 1.74. The van der Waals surface area contributed by atoms with E-state index in [1.807, 2.05) is 36.0 Å². The standard InChI is InChI=1S/C16H23N3OS/c1-14(21(2)20)8-9-17-10-16-11-18-19(13-16)12-15-6-4-3-5-7-15/h3-7,11,13-14,17H,8-10,12H2,1-2H3. The van der Waals surface area contributed by atoms with Crippen LogP contribution in [0.5, 0.6) is 0 Å². The Hall–Kier alpha value is -1.46. The second-order valence-corrected chi connectivity index (χ2v) is 7.11. The zero-order valence-corrected chi connectivity index (χ0v) is 13.5. The van der Waals surface area contributed by atoms with Crippen LogP contribution in [0.25, 0.3) is 0 Å². The molecule has 1 aromatic carbocycles. The van der Waals surface area contributed by atoms with E-state index in [0.717, 1.165) is 26.1 Å². The average molecular weight is 305 g/mol. The maximum absolute atomic E-state index is 11.3. The highest BCUT2D eigenvalue weighted by atomic mass is 32.2. The first kappa shape index (κ1) is 15.9. The van der Waals surface area contributed by atoms with Crippen molar-refractivity contribution >= 4 is 10.8 Å². The van der Waals surface area contributed by atoms with Crippen LogP contribution < -0.4 is 5.32 Å². The highest BCUT2D eigenvalue weighted by Crippen LogP contribution is 2.04. The van der Waals surface area contributed by atoms with E-state index in [1.54, 1.807) is 6.26 Å². The number of hydrogen-bond donors (Lipinski definition) is 1. The summed E-state index contributed by atoms with van der Waals surface area (Å²) < 4.78 is 13.2. The fourth-order valence-electron chi connectivity index (χ4n) is 2.06. The van der Waals surface area contributed by atoms with Crippen molar-refractivity contribution in [2.45, 2.75) is 31.7 Å². The van der Waals surface area contributed by atoms with Gasteiger partial charge >= 0.3 is 0 Å². The minimum Gasteiger partial charge on any atom is -0.313 e. The molecule has 0 fully saturated rings. The fraction of sp³-hybridized carbons (Fsp3) is 0.438. The van der Waals surface area contributed by atoms with E-state index in [-0.39, 0.29) is 5.25 Å². The normalized spacial score (nSPS) is 14.0. The molecule has 0 aliphatic rings. The molecule has 5 heteroatoms. The molecule has 21 heavy (non-hydrogen) atoms. The van der Waals surface area contributed by atoms with Gasteiger partial charge in [-0.2, -0.15) is 5.10 Å². The van der Waals surface area contributed by atoms with Gasteiger partial charge in [-0.15, -0.1) is 0 Å². The fourth-order valence-corrected chi connectivity index (χ4v) is 2.51. The molecule has 114 valence electrons. The number of aromatic nitrogens is 2. The molecule has 1 heterocycles. The van der Waals surface area contributed by atoms with Crippen LogP contribution in [0.3, 0.4) is 0 Å². The summed E-state index contributed by atoms with van der Waals surface area (Å²) in [6.07, 6.45) is 6.66. The molecule has 2 rings (SSSR count). The van der Waals surface area contributed by atoms with Crippen LogP contribution in [0.4, 0.5) is 0 Å². The zero-order valence-electron chi connectivity index (χ0n) is 12.7. The molecule has 0 aliphatic carbocycles. The van der Waals surface area contributed by atoms with Crippen LogP contribution in [-0.2, 0) is 23.9 Å². The molecular weight excluding hydrogens is 282 g/mol. The summed E-state index contributed by atoms with van der Waals surface area (Å²) in [5.41, 5.74) is 2.43. The summed E-state index contributed by atoms with van der Waals surface area (Å²) in [6.45, 7) is 4.50. The van der Waals surface area contributed by atoms with Crippen molar-refractivity contribution in [1.29, 1.82) is 0 Å². The van der Waals surface area contributed by atoms with Crippen LogP contribution in [0.15, 0.2) is 42.7 Å². The molecule has 0 amide bonds. The molecule has 0 saturated carbocycles. The first-order chi connectivity index (χ1) is 10.1. The highest BCUT2D eigenvalue weighted by molar-refractivity contribution is 7.84. The van der Waals surface area contributed by atoms with E-state index in [9.17, 15) is 4.21 Å². The molecule has 2 aromatic rings. The van der Waals surface area contributed by atoms with E-state index in [1.165, 1.54) is 11.1 Å². The van der Waals surface area contributed by atoms with Crippen molar-refractivity contribution in [2.75, 3.05) is 12.8 Å². The van der Waals surface area contributed by atoms with Crippen LogP contribution in [0, 0.1) is 0 Å². The summed E-state index contributed by atoms with van der Waals surface area (Å²) in [6, 6.07) is 10.3. The second kappa shape index (κ2) is 8.10. The van der Waals surface area contributed by atoms with E-state index in [0.29, 0.717) is 0 Å². The van der Waals surface area contributed by atoms with Crippen LogP contribution >= 0.6 is 0 Å². The van der Waals surface area contributed by atoms with Gasteiger partial charge in [0.25, 0.3) is 0 Å². The number of nitrogens with zero attached hydrogens (tertiary/aromatic N) is 2. The monoisotopic (exact) mass is 305 g/mol. The van der Waals surface area contributed by atoms with Gasteiger partial charge in [0.15, 0.2) is 0 Å². The van der Waals surface area contributed by atoms with E-state index in [4.69, 9.17) is 0 Å². The Morgan fingerprint density at radius 3 is 2.76 bits per heavy atom. The lowest BCUT2D eigenvalue weighted by Crippen LogP contribution is -2.20. The summed E-state index contributed by atoms with van der Waals surface area (Å²) in [4.78, 5) is 0. The topological polar surface area (TPSA) is 46.9 Å². The van der Waals surface area contributed by atoms with Gasteiger partial charge in [-0.05, 0) is 18.5 Å². The Morgan fingerprint density at radius 2 is 2.05 bits per heavy atom. The van der Waals surface area contributed by atoms with E-state index < -0.39 is 10.8 Å². The zero-order chi connectivity index (χ0) is 15.1. The Bertz CT molecular complexity index is 568. The van der Waals surface area contributed by atoms with Crippen LogP contribution in [0.1, 0.15) is 24.5 Å². The SMILES string of the molecule is CC(CCNCc1cnn(Cc2ccccc2)c1)S(C)=O. The van der Waals surface area contributed by atoms with Gasteiger partial charge in [0.05, 0.1) is 12.7 Å². The smallest absolute Gasteiger partial charge is 0.0659 e. The summed E-state index contributed by atoms with van der Waals surface area (Å²) in [5, 5.41) is 8.01. The molecule has 2 atom stereocenters. The summed E-state index contributed by atoms with van der Waals surface area (Å²) in [5.74, 6) is 0. The lowest BCUT2D eigenvalue weighted by Gasteiger charge is -2.08. The predicted octanol–water partition coefficient (Wildman–Crippen LogP) is 2.18. The third kappa shape index (κ3) is 5.44. The first-order valence-corrected chi connectivity index (χ1v) is 8.85. The lowest BCUT2D eigenvalue weighted by atomic mass is 10.2. The number of benzene rings is 1. The third-order valence-electron chi connectivity index (χ3n) is 3.50. The number of nitrogens with one attached hydrogen (secondary N) is 1. The van der Waals surface area contributed by atoms with E-state index in [2.05, 4.69) is 28.7 Å². The molecule has 1 N–H and O–H groups in total. The van der Waals surface area contributed by atoms with Gasteiger partial charge in [-0.1, -0.05) is 37.3 Å². The van der Waals surface area contributed by atoms with Crippen molar-refractivity contribution in [1.82, 2.24) is 15.1 Å². The third-order valence-corrected chi connectivity index (χ3v) is 4.87. The number of hydrogen-bond acceptors (Lipinski definition) is 3. The molecule has 0 spiro atoms. The molecule has 0 aliphatic heterocycles. The number of rotatable bonds is 8. The Labute approximate surface area is 129 Å². The van der Waals surface area contributed by atoms with Crippen LogP contribution in [-0.4, -0.2) is 32.0 Å². The van der Waals surface area contributed by atoms with Gasteiger partial charge < -0.3 is 5.32 Å². The van der Waals surface area contributed by atoms with Crippen molar-refractivity contribution in [3.05, 3.63) is 53.9 Å². The van der Waals surface area contributed by atoms with Gasteiger partial charge in [-0.25, -0.2) is 0 Å². The summed E-state index contributed by atoms with van der Waals surface area (Å²) >= 11 is 0. The largest absolute Gasteiger partial charge is 0.313 e. The van der Waals surface area contributed by atoms with Crippen molar-refractivity contribution < 1.29 is 4.21 Å². The first-order valence-electron chi connectivity index (χ1n) is 7.23. The molecule has 4 nitrogen and oxygen atoms in total. The molecular formula is C16H23N3OS. The van der Waals surface area contributed by atoms with Crippen molar-refractivity contribution in [3.8, 4) is 0 Å². The van der Waals surface area contributed by atoms with E-state index >= 15 is 0 Å². The minimum atomic E-state index is -0.733. The quantitative estimate of drug-likeness (QED) is 0.760. The van der Waals surface area contributed by atoms with Crippen LogP contribution in [0.2, 0.25) is 0 Å². The second-order valence-electron chi connectivity index (χ2n) is 5.31. The van der Waals surface area contributed by atoms with Crippen molar-refractivity contribution in [3.63, 3.8) is 0 Å². The molecule has 0 saturated heterocycles. The van der Waals surface area contributed by atoms with Crippen molar-refractivity contribution in [2.24, 2.45) is 0 Å². The lowest BCUT2D eigenvalue weighted by molar-refractivity contribution is 0.628. The Kier molecular flexibility index (Phi) is 6.14. The molecule has 2 unspecified atom stereocenters. The molecule has 0 bridgehead atoms. The van der Waals surface area contributed by atoms with Gasteiger partial charge in [0.2, 0.25) is 0 Å². The van der Waals surface area contributed by atoms with Gasteiger partial charge in [0.1, 0.15) is 0 Å². The maximum atomic E-state index is 11.3. The highest BCUT2D eigenvalue weighted by Gasteiger charge is 2.05.